The molecule has 7 nitrogen and oxygen atoms in total. The number of fused-ring (bicyclic) bond motifs is 1. The summed E-state index contributed by atoms with van der Waals surface area (Å²) in [4.78, 5) is 13.2. The van der Waals surface area contributed by atoms with Crippen LogP contribution in [0.25, 0.3) is 10.8 Å². The van der Waals surface area contributed by atoms with Crippen molar-refractivity contribution >= 4 is 45.4 Å². The maximum atomic E-state index is 13.2. The minimum atomic E-state index is -5.93. The van der Waals surface area contributed by atoms with E-state index in [1.807, 2.05) is 43.3 Å². The van der Waals surface area contributed by atoms with Gasteiger partial charge in [-0.05, 0) is 47.5 Å². The fourth-order valence-electron chi connectivity index (χ4n) is 6.02. The lowest BCUT2D eigenvalue weighted by atomic mass is 9.92. The SMILES string of the molecule is COc1c(C[C@H](C)O[Si](c2ccccc2)(c2ccccc2)C(C)(C)C)c(C(C)=O)c(OC)c2cc(OS(=O)(=O)C(F)(F)F)ccc12. The molecule has 0 amide bonds. The second kappa shape index (κ2) is 13.1. The molecule has 0 N–H and O–H groups in total. The van der Waals surface area contributed by atoms with E-state index < -0.39 is 35.8 Å². The summed E-state index contributed by atoms with van der Waals surface area (Å²) in [6, 6.07) is 23.7. The molecular weight excluding hydrogens is 638 g/mol. The molecule has 0 unspecified atom stereocenters. The Morgan fingerprint density at radius 1 is 0.826 bits per heavy atom. The predicted octanol–water partition coefficient (Wildman–Crippen LogP) is 6.80. The normalized spacial score (nSPS) is 13.3. The van der Waals surface area contributed by atoms with E-state index in [-0.39, 0.29) is 39.7 Å². The highest BCUT2D eigenvalue weighted by molar-refractivity contribution is 7.88. The number of carbonyl (C=O) groups excluding carboxylic acids is 1. The summed E-state index contributed by atoms with van der Waals surface area (Å²) >= 11 is 0. The number of ether oxygens (including phenoxy) is 2. The Morgan fingerprint density at radius 3 is 1.78 bits per heavy atom. The molecule has 0 saturated heterocycles. The lowest BCUT2D eigenvalue weighted by Gasteiger charge is -2.44. The molecular formula is C34H37F3O7SSi. The summed E-state index contributed by atoms with van der Waals surface area (Å²) in [7, 11) is -6.18. The largest absolute Gasteiger partial charge is 0.534 e. The van der Waals surface area contributed by atoms with E-state index in [2.05, 4.69) is 49.2 Å². The Morgan fingerprint density at radius 2 is 1.35 bits per heavy atom. The molecule has 4 aromatic carbocycles. The third-order valence-corrected chi connectivity index (χ3v) is 14.0. The summed E-state index contributed by atoms with van der Waals surface area (Å²) in [5.74, 6) is -0.662. The van der Waals surface area contributed by atoms with Gasteiger partial charge in [0.1, 0.15) is 17.2 Å². The molecule has 0 bridgehead atoms. The van der Waals surface area contributed by atoms with E-state index in [0.29, 0.717) is 10.9 Å². The number of Topliss-reactive ketones (excluding diaryl/α,β-unsaturated/α-hetero) is 1. The smallest absolute Gasteiger partial charge is 0.496 e. The van der Waals surface area contributed by atoms with Crippen LogP contribution in [0.3, 0.4) is 0 Å². The molecule has 1 atom stereocenters. The lowest BCUT2D eigenvalue weighted by molar-refractivity contribution is -0.0500. The van der Waals surface area contributed by atoms with Crippen molar-refractivity contribution < 1.29 is 44.5 Å². The molecule has 4 rings (SSSR count). The van der Waals surface area contributed by atoms with Crippen molar-refractivity contribution in [2.75, 3.05) is 14.2 Å². The van der Waals surface area contributed by atoms with Gasteiger partial charge < -0.3 is 18.1 Å². The van der Waals surface area contributed by atoms with Crippen LogP contribution in [0.1, 0.15) is 50.5 Å². The zero-order valence-electron chi connectivity index (χ0n) is 26.7. The molecule has 0 spiro atoms. The van der Waals surface area contributed by atoms with Crippen LogP contribution in [-0.2, 0) is 21.0 Å². The number of hydrogen-bond acceptors (Lipinski definition) is 7. The van der Waals surface area contributed by atoms with Crippen LogP contribution in [0.4, 0.5) is 13.2 Å². The third-order valence-electron chi connectivity index (χ3n) is 7.82. The van der Waals surface area contributed by atoms with Gasteiger partial charge in [0, 0.05) is 28.9 Å². The van der Waals surface area contributed by atoms with E-state index >= 15 is 0 Å². The number of halogens is 3. The van der Waals surface area contributed by atoms with E-state index in [9.17, 15) is 26.4 Å². The first-order valence-electron chi connectivity index (χ1n) is 14.5. The van der Waals surface area contributed by atoms with Gasteiger partial charge in [-0.15, -0.1) is 0 Å². The minimum absolute atomic E-state index is 0.0470. The Balaban J connectivity index is 1.90. The number of methoxy groups -OCH3 is 2. The van der Waals surface area contributed by atoms with Crippen molar-refractivity contribution in [2.24, 2.45) is 0 Å². The van der Waals surface area contributed by atoms with Crippen molar-refractivity contribution in [3.05, 3.63) is 90.0 Å². The van der Waals surface area contributed by atoms with Gasteiger partial charge in [-0.3, -0.25) is 4.79 Å². The first-order chi connectivity index (χ1) is 21.5. The zero-order chi connectivity index (χ0) is 34.1. The van der Waals surface area contributed by atoms with Gasteiger partial charge in [0.15, 0.2) is 5.78 Å². The standard InChI is InChI=1S/C34H37F3O7SSi/c1-22(44-46(33(3,4)5,25-14-10-8-11-15-25)26-16-12-9-13-17-26)20-29-30(23(2)38)32(42-7)28-21-24(18-19-27(28)31(29)41-6)43-45(39,40)34(35,36)37/h8-19,21-22H,20H2,1-7H3/t22-/m0/s1. The number of rotatable bonds is 11. The Bertz CT molecular complexity index is 1780. The Hall–Kier alpha value is -3.87. The molecule has 12 heteroatoms. The van der Waals surface area contributed by atoms with Crippen molar-refractivity contribution in [3.63, 3.8) is 0 Å². The fourth-order valence-corrected chi connectivity index (χ4v) is 11.2. The predicted molar refractivity (Wildman–Crippen MR) is 175 cm³/mol. The average molecular weight is 675 g/mol. The second-order valence-electron chi connectivity index (χ2n) is 12.0. The van der Waals surface area contributed by atoms with Gasteiger partial charge in [-0.25, -0.2) is 0 Å². The van der Waals surface area contributed by atoms with Crippen LogP contribution in [0, 0.1) is 0 Å². The molecule has 0 aliphatic heterocycles. The van der Waals surface area contributed by atoms with Crippen LogP contribution in [-0.4, -0.2) is 48.4 Å². The minimum Gasteiger partial charge on any atom is -0.496 e. The molecule has 0 heterocycles. The van der Waals surface area contributed by atoms with Crippen LogP contribution >= 0.6 is 0 Å². The highest BCUT2D eigenvalue weighted by Gasteiger charge is 2.51. The lowest BCUT2D eigenvalue weighted by Crippen LogP contribution is -2.67. The summed E-state index contributed by atoms with van der Waals surface area (Å²) in [6.45, 7) is 9.74. The van der Waals surface area contributed by atoms with Crippen LogP contribution in [0.5, 0.6) is 17.2 Å². The molecule has 4 aromatic rings. The number of alkyl halides is 3. The number of ketones is 1. The topological polar surface area (TPSA) is 88.1 Å². The van der Waals surface area contributed by atoms with Gasteiger partial charge >= 0.3 is 15.6 Å². The number of benzene rings is 4. The van der Waals surface area contributed by atoms with Crippen molar-refractivity contribution in [1.82, 2.24) is 0 Å². The van der Waals surface area contributed by atoms with Gasteiger partial charge in [0.05, 0.1) is 19.8 Å². The average Bonchev–Trinajstić information content (AvgIpc) is 2.98. The van der Waals surface area contributed by atoms with Crippen molar-refractivity contribution in [3.8, 4) is 17.2 Å². The second-order valence-corrected chi connectivity index (χ2v) is 17.8. The molecule has 0 aliphatic carbocycles. The maximum absolute atomic E-state index is 13.2. The van der Waals surface area contributed by atoms with Crippen molar-refractivity contribution in [1.29, 1.82) is 0 Å². The molecule has 0 fully saturated rings. The molecule has 246 valence electrons. The maximum Gasteiger partial charge on any atom is 0.534 e. The van der Waals surface area contributed by atoms with Crippen molar-refractivity contribution in [2.45, 2.75) is 57.7 Å². The van der Waals surface area contributed by atoms with Gasteiger partial charge in [0.2, 0.25) is 0 Å². The zero-order valence-corrected chi connectivity index (χ0v) is 28.5. The summed E-state index contributed by atoms with van der Waals surface area (Å²) in [5, 5.41) is 2.37. The van der Waals surface area contributed by atoms with Crippen LogP contribution < -0.4 is 24.0 Å². The van der Waals surface area contributed by atoms with E-state index in [0.717, 1.165) is 22.5 Å². The van der Waals surface area contributed by atoms with E-state index in [1.54, 1.807) is 0 Å². The van der Waals surface area contributed by atoms with E-state index in [1.165, 1.54) is 27.2 Å². The molecule has 0 radical (unpaired) electrons. The highest BCUT2D eigenvalue weighted by atomic mass is 32.2. The fraction of sp³-hybridized carbons (Fsp3) is 0.324. The molecule has 46 heavy (non-hydrogen) atoms. The first kappa shape index (κ1) is 35.0. The summed E-state index contributed by atoms with van der Waals surface area (Å²) < 4.78 is 85.6. The molecule has 0 saturated carbocycles. The van der Waals surface area contributed by atoms with Gasteiger partial charge in [-0.2, -0.15) is 21.6 Å². The highest BCUT2D eigenvalue weighted by Crippen LogP contribution is 2.44. The summed E-state index contributed by atoms with van der Waals surface area (Å²) in [5.41, 5.74) is -5.00. The van der Waals surface area contributed by atoms with E-state index in [4.69, 9.17) is 13.9 Å². The Labute approximate surface area is 268 Å². The van der Waals surface area contributed by atoms with Crippen LogP contribution in [0.2, 0.25) is 5.04 Å². The van der Waals surface area contributed by atoms with Crippen LogP contribution in [0.15, 0.2) is 78.9 Å². The number of carbonyl (C=O) groups is 1. The monoisotopic (exact) mass is 674 g/mol. The summed E-state index contributed by atoms with van der Waals surface area (Å²) in [6.07, 6.45) is -0.240. The quantitative estimate of drug-likeness (QED) is 0.0749. The third kappa shape index (κ3) is 6.51. The molecule has 0 aliphatic rings. The first-order valence-corrected chi connectivity index (χ1v) is 17.8. The molecule has 0 aromatic heterocycles. The Kier molecular flexibility index (Phi) is 9.96. The number of hydrogen-bond donors (Lipinski definition) is 0. The van der Waals surface area contributed by atoms with Gasteiger partial charge in [-0.1, -0.05) is 81.4 Å². The van der Waals surface area contributed by atoms with Gasteiger partial charge in [0.25, 0.3) is 8.32 Å².